The van der Waals surface area contributed by atoms with Gasteiger partial charge in [0, 0.05) is 9.64 Å². The van der Waals surface area contributed by atoms with Gasteiger partial charge in [-0.2, -0.15) is 15.8 Å². The third kappa shape index (κ3) is 4.69. The van der Waals surface area contributed by atoms with Crippen LogP contribution in [0.5, 0.6) is 5.75 Å². The number of ether oxygens (including phenoxy) is 1. The number of hydrogen-bond acceptors (Lipinski definition) is 5. The van der Waals surface area contributed by atoms with E-state index in [9.17, 15) is 13.2 Å². The molecule has 112 valence electrons. The lowest BCUT2D eigenvalue weighted by molar-refractivity contribution is -0.274. The molecule has 0 heterocycles. The van der Waals surface area contributed by atoms with E-state index in [1.165, 1.54) is 12.1 Å². The molecule has 0 atom stereocenters. The van der Waals surface area contributed by atoms with Crippen LogP contribution in [0.1, 0.15) is 0 Å². The Kier molecular flexibility index (Phi) is 5.86. The maximum atomic E-state index is 12.2. The summed E-state index contributed by atoms with van der Waals surface area (Å²) in [6, 6.07) is 6.58. The summed E-state index contributed by atoms with van der Waals surface area (Å²) in [6.07, 6.45) is -4.87. The Morgan fingerprint density at radius 2 is 1.77 bits per heavy atom. The second-order valence-electron chi connectivity index (χ2n) is 3.52. The van der Waals surface area contributed by atoms with Crippen molar-refractivity contribution in [3.8, 4) is 24.0 Å². The smallest absolute Gasteiger partial charge is 0.406 e. The zero-order valence-electron chi connectivity index (χ0n) is 10.3. The van der Waals surface area contributed by atoms with Gasteiger partial charge in [0.05, 0.1) is 10.7 Å². The number of hydrogen-bond donors (Lipinski definition) is 1. The van der Waals surface area contributed by atoms with Crippen molar-refractivity contribution < 1.29 is 17.9 Å². The number of halogens is 5. The Morgan fingerprint density at radius 1 is 1.18 bits per heavy atom. The first-order valence-corrected chi connectivity index (χ1v) is 6.64. The molecular weight excluding hydrogens is 436 g/mol. The zero-order valence-corrected chi connectivity index (χ0v) is 13.2. The van der Waals surface area contributed by atoms with Crippen LogP contribution in [0.4, 0.5) is 18.9 Å². The highest BCUT2D eigenvalue weighted by Crippen LogP contribution is 2.35. The minimum Gasteiger partial charge on any atom is -0.406 e. The lowest BCUT2D eigenvalue weighted by Gasteiger charge is -2.13. The van der Waals surface area contributed by atoms with Gasteiger partial charge in [0.2, 0.25) is 0 Å². The topological polar surface area (TPSA) is 92.6 Å². The maximum Gasteiger partial charge on any atom is 0.573 e. The molecule has 1 aromatic rings. The molecule has 0 saturated heterocycles. The van der Waals surface area contributed by atoms with E-state index < -0.39 is 17.7 Å². The van der Waals surface area contributed by atoms with Crippen LogP contribution in [-0.2, 0) is 0 Å². The second kappa shape index (κ2) is 7.21. The van der Waals surface area contributed by atoms with E-state index in [4.69, 9.17) is 27.4 Å². The highest BCUT2D eigenvalue weighted by molar-refractivity contribution is 14.1. The Labute approximate surface area is 141 Å². The largest absolute Gasteiger partial charge is 0.573 e. The van der Waals surface area contributed by atoms with E-state index in [0.717, 1.165) is 12.1 Å². The molecular formula is C12H3ClF3IN4O. The molecule has 0 unspecified atom stereocenters. The average Bonchev–Trinajstić information content (AvgIpc) is 2.39. The van der Waals surface area contributed by atoms with Gasteiger partial charge in [0.15, 0.2) is 5.57 Å². The van der Waals surface area contributed by atoms with E-state index in [1.54, 1.807) is 28.7 Å². The Hall–Kier alpha value is -2.16. The summed E-state index contributed by atoms with van der Waals surface area (Å²) in [7, 11) is 0. The Morgan fingerprint density at radius 3 is 2.18 bits per heavy atom. The summed E-state index contributed by atoms with van der Waals surface area (Å²) in [5.41, 5.74) is -0.768. The van der Waals surface area contributed by atoms with Crippen LogP contribution < -0.4 is 10.1 Å². The molecule has 0 aromatic heterocycles. The standard InChI is InChI=1S/C12H3ClF3IN4O/c13-8-1-7(22-12(14,15)16)2-9(17)11(8)21-10(5-20)6(3-18)4-19/h1-2,21H. The van der Waals surface area contributed by atoms with E-state index in [-0.39, 0.29) is 20.0 Å². The Balaban J connectivity index is 3.25. The van der Waals surface area contributed by atoms with Crippen LogP contribution >= 0.6 is 34.2 Å². The Bertz CT molecular complexity index is 717. The van der Waals surface area contributed by atoms with Gasteiger partial charge in [0.1, 0.15) is 29.7 Å². The number of alkyl halides is 3. The number of rotatable bonds is 3. The first-order chi connectivity index (χ1) is 10.2. The van der Waals surface area contributed by atoms with Gasteiger partial charge in [-0.1, -0.05) is 11.6 Å². The van der Waals surface area contributed by atoms with Crippen LogP contribution in [0.2, 0.25) is 5.02 Å². The molecule has 0 spiro atoms. The summed E-state index contributed by atoms with van der Waals surface area (Å²) < 4.78 is 40.4. The molecule has 0 aliphatic heterocycles. The van der Waals surface area contributed by atoms with Gasteiger partial charge >= 0.3 is 6.36 Å². The highest BCUT2D eigenvalue weighted by atomic mass is 127. The number of anilines is 1. The van der Waals surface area contributed by atoms with Crippen molar-refractivity contribution in [3.05, 3.63) is 32.0 Å². The lowest BCUT2D eigenvalue weighted by Crippen LogP contribution is -2.17. The van der Waals surface area contributed by atoms with E-state index >= 15 is 0 Å². The number of benzene rings is 1. The third-order valence-corrected chi connectivity index (χ3v) is 3.23. The summed E-state index contributed by atoms with van der Waals surface area (Å²) >= 11 is 7.51. The van der Waals surface area contributed by atoms with Crippen LogP contribution in [0.3, 0.4) is 0 Å². The van der Waals surface area contributed by atoms with E-state index in [1.807, 2.05) is 0 Å². The number of nitriles is 3. The summed E-state index contributed by atoms with van der Waals surface area (Å²) in [6.45, 7) is 0. The van der Waals surface area contributed by atoms with Gasteiger partial charge in [-0.15, -0.1) is 13.2 Å². The van der Waals surface area contributed by atoms with Crippen molar-refractivity contribution in [2.75, 3.05) is 5.32 Å². The van der Waals surface area contributed by atoms with Crippen molar-refractivity contribution in [1.29, 1.82) is 15.8 Å². The van der Waals surface area contributed by atoms with Crippen molar-refractivity contribution in [2.45, 2.75) is 6.36 Å². The average molecular weight is 439 g/mol. The quantitative estimate of drug-likeness (QED) is 0.567. The predicted octanol–water partition coefficient (Wildman–Crippen LogP) is 4.08. The molecule has 5 nitrogen and oxygen atoms in total. The molecule has 0 amide bonds. The SMILES string of the molecule is N#CC(C#N)=C(C#N)Nc1c(Cl)cc(OC(F)(F)F)cc1I. The summed E-state index contributed by atoms with van der Waals surface area (Å²) in [5, 5.41) is 28.6. The second-order valence-corrected chi connectivity index (χ2v) is 5.09. The van der Waals surface area contributed by atoms with Gasteiger partial charge in [-0.05, 0) is 28.7 Å². The normalized spacial score (nSPS) is 9.91. The van der Waals surface area contributed by atoms with Crippen molar-refractivity contribution >= 4 is 39.9 Å². The first kappa shape index (κ1) is 17.9. The molecule has 1 N–H and O–H groups in total. The van der Waals surface area contributed by atoms with Gasteiger partial charge < -0.3 is 10.1 Å². The monoisotopic (exact) mass is 438 g/mol. The summed E-state index contributed by atoms with van der Waals surface area (Å²) in [5.74, 6) is -0.532. The van der Waals surface area contributed by atoms with Gasteiger partial charge in [-0.3, -0.25) is 0 Å². The molecule has 0 saturated carbocycles. The van der Waals surface area contributed by atoms with Crippen molar-refractivity contribution in [1.82, 2.24) is 0 Å². The predicted molar refractivity (Wildman–Crippen MR) is 78.3 cm³/mol. The minimum absolute atomic E-state index is 0.0799. The molecule has 22 heavy (non-hydrogen) atoms. The van der Waals surface area contributed by atoms with Crippen molar-refractivity contribution in [2.24, 2.45) is 0 Å². The third-order valence-electron chi connectivity index (χ3n) is 2.08. The molecule has 0 radical (unpaired) electrons. The number of nitrogens with one attached hydrogen (secondary N) is 1. The van der Waals surface area contributed by atoms with Crippen LogP contribution in [0.25, 0.3) is 0 Å². The fourth-order valence-corrected chi connectivity index (χ4v) is 2.42. The van der Waals surface area contributed by atoms with Crippen molar-refractivity contribution in [3.63, 3.8) is 0 Å². The molecule has 0 aliphatic rings. The minimum atomic E-state index is -4.87. The lowest BCUT2D eigenvalue weighted by atomic mass is 10.2. The van der Waals surface area contributed by atoms with Crippen LogP contribution in [0, 0.1) is 37.6 Å². The molecule has 1 aromatic carbocycles. The first-order valence-electron chi connectivity index (χ1n) is 5.18. The van der Waals surface area contributed by atoms with E-state index in [0.29, 0.717) is 0 Å². The van der Waals surface area contributed by atoms with E-state index in [2.05, 4.69) is 10.1 Å². The molecule has 0 bridgehead atoms. The molecule has 10 heteroatoms. The maximum absolute atomic E-state index is 12.2. The zero-order chi connectivity index (χ0) is 16.9. The fraction of sp³-hybridized carbons (Fsp3) is 0.0833. The summed E-state index contributed by atoms with van der Waals surface area (Å²) in [4.78, 5) is 0. The van der Waals surface area contributed by atoms with Gasteiger partial charge in [0.25, 0.3) is 0 Å². The van der Waals surface area contributed by atoms with Gasteiger partial charge in [-0.25, -0.2) is 0 Å². The van der Waals surface area contributed by atoms with Crippen LogP contribution in [0.15, 0.2) is 23.4 Å². The number of nitrogens with zero attached hydrogens (tertiary/aromatic N) is 3. The number of allylic oxidation sites excluding steroid dienone is 2. The molecule has 0 aliphatic carbocycles. The molecule has 1 rings (SSSR count). The molecule has 0 fully saturated rings. The highest BCUT2D eigenvalue weighted by Gasteiger charge is 2.31. The van der Waals surface area contributed by atoms with Crippen LogP contribution in [-0.4, -0.2) is 6.36 Å². The fourth-order valence-electron chi connectivity index (χ4n) is 1.27.